The first-order valence-electron chi connectivity index (χ1n) is 5.48. The Balaban J connectivity index is 1.95. The fraction of sp³-hybridized carbons (Fsp3) is 0.143. The lowest BCUT2D eigenvalue weighted by Gasteiger charge is -2.13. The summed E-state index contributed by atoms with van der Waals surface area (Å²) >= 11 is 3.41. The summed E-state index contributed by atoms with van der Waals surface area (Å²) in [7, 11) is 0. The van der Waals surface area contributed by atoms with E-state index in [0.717, 1.165) is 15.7 Å². The third-order valence-electron chi connectivity index (χ3n) is 2.51. The average molecular weight is 292 g/mol. The summed E-state index contributed by atoms with van der Waals surface area (Å²) in [4.78, 5) is 0. The van der Waals surface area contributed by atoms with Gasteiger partial charge in [-0.3, -0.25) is 0 Å². The van der Waals surface area contributed by atoms with E-state index in [4.69, 9.17) is 0 Å². The number of nitrogens with one attached hydrogen (secondary N) is 1. The van der Waals surface area contributed by atoms with Gasteiger partial charge in [0, 0.05) is 16.7 Å². The highest BCUT2D eigenvalue weighted by molar-refractivity contribution is 9.10. The maximum absolute atomic E-state index is 9.98. The second-order valence-corrected chi connectivity index (χ2v) is 4.73. The summed E-state index contributed by atoms with van der Waals surface area (Å²) in [5.41, 5.74) is 1.92. The van der Waals surface area contributed by atoms with E-state index >= 15 is 0 Å². The molecule has 2 nitrogen and oxygen atoms in total. The van der Waals surface area contributed by atoms with Crippen LogP contribution in [-0.2, 0) is 0 Å². The van der Waals surface area contributed by atoms with Crippen molar-refractivity contribution in [3.8, 4) is 0 Å². The molecule has 2 N–H and O–H groups in total. The van der Waals surface area contributed by atoms with Crippen molar-refractivity contribution in [2.75, 3.05) is 11.9 Å². The molecule has 0 spiro atoms. The second-order valence-electron chi connectivity index (χ2n) is 3.82. The molecule has 1 unspecified atom stereocenters. The molecular formula is C14H14BrNO. The Hall–Kier alpha value is -1.32. The first-order chi connectivity index (χ1) is 8.25. The minimum absolute atomic E-state index is 0.491. The second kappa shape index (κ2) is 5.84. The predicted molar refractivity (Wildman–Crippen MR) is 74.0 cm³/mol. The van der Waals surface area contributed by atoms with E-state index in [0.29, 0.717) is 6.54 Å². The largest absolute Gasteiger partial charge is 0.387 e. The molecule has 0 aliphatic heterocycles. The molecule has 0 fully saturated rings. The van der Waals surface area contributed by atoms with Crippen LogP contribution in [0.5, 0.6) is 0 Å². The molecular weight excluding hydrogens is 278 g/mol. The molecule has 17 heavy (non-hydrogen) atoms. The van der Waals surface area contributed by atoms with Crippen molar-refractivity contribution in [1.82, 2.24) is 0 Å². The van der Waals surface area contributed by atoms with Crippen LogP contribution in [0.1, 0.15) is 11.7 Å². The Morgan fingerprint density at radius 3 is 2.53 bits per heavy atom. The van der Waals surface area contributed by atoms with Gasteiger partial charge in [0.1, 0.15) is 0 Å². The molecule has 88 valence electrons. The van der Waals surface area contributed by atoms with Gasteiger partial charge in [-0.15, -0.1) is 0 Å². The first-order valence-corrected chi connectivity index (χ1v) is 6.27. The van der Waals surface area contributed by atoms with Crippen molar-refractivity contribution in [2.45, 2.75) is 6.10 Å². The van der Waals surface area contributed by atoms with Crippen molar-refractivity contribution in [3.05, 3.63) is 64.6 Å². The molecule has 0 bridgehead atoms. The van der Waals surface area contributed by atoms with Gasteiger partial charge in [-0.1, -0.05) is 52.3 Å². The standard InChI is InChI=1S/C14H14BrNO/c15-12-7-4-8-13(9-12)16-10-14(17)11-5-2-1-3-6-11/h1-9,14,16-17H,10H2. The molecule has 2 aromatic rings. The number of aliphatic hydroxyl groups is 1. The van der Waals surface area contributed by atoms with Gasteiger partial charge in [0.25, 0.3) is 0 Å². The molecule has 1 atom stereocenters. The molecule has 2 rings (SSSR count). The normalized spacial score (nSPS) is 12.1. The van der Waals surface area contributed by atoms with Crippen molar-refractivity contribution in [3.63, 3.8) is 0 Å². The molecule has 0 amide bonds. The fourth-order valence-corrected chi connectivity index (χ4v) is 2.01. The van der Waals surface area contributed by atoms with Crippen molar-refractivity contribution < 1.29 is 5.11 Å². The fourth-order valence-electron chi connectivity index (χ4n) is 1.61. The van der Waals surface area contributed by atoms with Crippen LogP contribution in [0.3, 0.4) is 0 Å². The van der Waals surface area contributed by atoms with E-state index in [9.17, 15) is 5.11 Å². The Morgan fingerprint density at radius 1 is 1.06 bits per heavy atom. The Kier molecular flexibility index (Phi) is 4.18. The lowest BCUT2D eigenvalue weighted by molar-refractivity contribution is 0.191. The number of anilines is 1. The van der Waals surface area contributed by atoms with Gasteiger partial charge in [-0.25, -0.2) is 0 Å². The Morgan fingerprint density at radius 2 is 1.82 bits per heavy atom. The summed E-state index contributed by atoms with van der Waals surface area (Å²) in [6.07, 6.45) is -0.491. The minimum Gasteiger partial charge on any atom is -0.387 e. The molecule has 0 aliphatic rings. The van der Waals surface area contributed by atoms with Gasteiger partial charge >= 0.3 is 0 Å². The lowest BCUT2D eigenvalue weighted by Crippen LogP contribution is -2.11. The van der Waals surface area contributed by atoms with Crippen LogP contribution in [0.15, 0.2) is 59.1 Å². The van der Waals surface area contributed by atoms with E-state index in [-0.39, 0.29) is 0 Å². The Labute approximate surface area is 109 Å². The van der Waals surface area contributed by atoms with Gasteiger partial charge in [0.2, 0.25) is 0 Å². The van der Waals surface area contributed by atoms with Gasteiger partial charge in [0.05, 0.1) is 6.10 Å². The lowest BCUT2D eigenvalue weighted by atomic mass is 10.1. The molecule has 0 aliphatic carbocycles. The number of rotatable bonds is 4. The van der Waals surface area contributed by atoms with Crippen LogP contribution >= 0.6 is 15.9 Å². The van der Waals surface area contributed by atoms with E-state index in [1.807, 2.05) is 54.6 Å². The third kappa shape index (κ3) is 3.58. The van der Waals surface area contributed by atoms with Crippen LogP contribution < -0.4 is 5.32 Å². The van der Waals surface area contributed by atoms with E-state index < -0.39 is 6.10 Å². The van der Waals surface area contributed by atoms with Crippen molar-refractivity contribution >= 4 is 21.6 Å². The van der Waals surface area contributed by atoms with Gasteiger partial charge in [0.15, 0.2) is 0 Å². The predicted octanol–water partition coefficient (Wildman–Crippen LogP) is 3.59. The summed E-state index contributed by atoms with van der Waals surface area (Å²) < 4.78 is 1.02. The maximum atomic E-state index is 9.98. The van der Waals surface area contributed by atoms with Crippen LogP contribution in [0.25, 0.3) is 0 Å². The van der Waals surface area contributed by atoms with Crippen molar-refractivity contribution in [1.29, 1.82) is 0 Å². The van der Waals surface area contributed by atoms with Crippen LogP contribution in [-0.4, -0.2) is 11.7 Å². The summed E-state index contributed by atoms with van der Waals surface area (Å²) in [6.45, 7) is 0.500. The number of hydrogen-bond donors (Lipinski definition) is 2. The van der Waals surface area contributed by atoms with Gasteiger partial charge in [-0.2, -0.15) is 0 Å². The zero-order chi connectivity index (χ0) is 12.1. The van der Waals surface area contributed by atoms with E-state index in [2.05, 4.69) is 21.2 Å². The smallest absolute Gasteiger partial charge is 0.0962 e. The number of halogens is 1. The van der Waals surface area contributed by atoms with Gasteiger partial charge in [-0.05, 0) is 23.8 Å². The van der Waals surface area contributed by atoms with E-state index in [1.165, 1.54) is 0 Å². The number of aliphatic hydroxyl groups excluding tert-OH is 1. The minimum atomic E-state index is -0.491. The van der Waals surface area contributed by atoms with Gasteiger partial charge < -0.3 is 10.4 Å². The quantitative estimate of drug-likeness (QED) is 0.902. The van der Waals surface area contributed by atoms with Crippen LogP contribution in [0.2, 0.25) is 0 Å². The highest BCUT2D eigenvalue weighted by Gasteiger charge is 2.05. The molecule has 0 radical (unpaired) electrons. The summed E-state index contributed by atoms with van der Waals surface area (Å²) in [5.74, 6) is 0. The zero-order valence-electron chi connectivity index (χ0n) is 9.31. The third-order valence-corrected chi connectivity index (χ3v) is 3.00. The average Bonchev–Trinajstić information content (AvgIpc) is 2.37. The molecule has 0 saturated heterocycles. The molecule has 0 saturated carbocycles. The first kappa shape index (κ1) is 12.1. The van der Waals surface area contributed by atoms with E-state index in [1.54, 1.807) is 0 Å². The Bertz CT molecular complexity index is 473. The summed E-state index contributed by atoms with van der Waals surface area (Å²) in [5, 5.41) is 13.2. The topological polar surface area (TPSA) is 32.3 Å². The highest BCUT2D eigenvalue weighted by atomic mass is 79.9. The highest BCUT2D eigenvalue weighted by Crippen LogP contribution is 2.17. The van der Waals surface area contributed by atoms with Crippen LogP contribution in [0, 0.1) is 0 Å². The zero-order valence-corrected chi connectivity index (χ0v) is 10.9. The molecule has 2 aromatic carbocycles. The monoisotopic (exact) mass is 291 g/mol. The molecule has 0 aromatic heterocycles. The maximum Gasteiger partial charge on any atom is 0.0962 e. The number of hydrogen-bond acceptors (Lipinski definition) is 2. The SMILES string of the molecule is OC(CNc1cccc(Br)c1)c1ccccc1. The van der Waals surface area contributed by atoms with Crippen molar-refractivity contribution in [2.24, 2.45) is 0 Å². The molecule has 0 heterocycles. The number of benzene rings is 2. The summed E-state index contributed by atoms with van der Waals surface area (Å²) in [6, 6.07) is 17.5. The molecule has 3 heteroatoms. The van der Waals surface area contributed by atoms with Crippen LogP contribution in [0.4, 0.5) is 5.69 Å².